The molecule has 0 bridgehead atoms. The van der Waals surface area contributed by atoms with E-state index >= 15 is 0 Å². The van der Waals surface area contributed by atoms with Crippen LogP contribution in [-0.2, 0) is 4.79 Å². The molecule has 1 heterocycles. The normalized spacial score (nSPS) is 30.0. The van der Waals surface area contributed by atoms with Gasteiger partial charge in [-0.05, 0) is 12.8 Å². The zero-order valence-electron chi connectivity index (χ0n) is 5.55. The summed E-state index contributed by atoms with van der Waals surface area (Å²) < 4.78 is 0. The summed E-state index contributed by atoms with van der Waals surface area (Å²) in [5.41, 5.74) is 5.57. The molecule has 52 valence electrons. The number of carbonyl (C=O) groups excluding carboxylic acids is 1. The standard InChI is InChI=1S/C6H12N2O/c1-4(7)5-2-6(9)8-3-5/h4-5H,2-3,7H2,1H3,(H,8,9)/t4-,5-/m1/s1. The SMILES string of the molecule is C[C@@H](N)[C@H]1CNC(=O)C1. The minimum absolute atomic E-state index is 0.136. The summed E-state index contributed by atoms with van der Waals surface area (Å²) in [5, 5.41) is 2.73. The molecule has 0 aromatic carbocycles. The summed E-state index contributed by atoms with van der Waals surface area (Å²) in [6, 6.07) is 0.143. The Balaban J connectivity index is 2.39. The van der Waals surface area contributed by atoms with Crippen molar-refractivity contribution < 1.29 is 4.79 Å². The number of hydrogen-bond acceptors (Lipinski definition) is 2. The second-order valence-corrected chi connectivity index (χ2v) is 2.63. The minimum Gasteiger partial charge on any atom is -0.356 e. The van der Waals surface area contributed by atoms with Crippen LogP contribution in [0.3, 0.4) is 0 Å². The van der Waals surface area contributed by atoms with Gasteiger partial charge in [-0.2, -0.15) is 0 Å². The van der Waals surface area contributed by atoms with Crippen molar-refractivity contribution in [2.45, 2.75) is 19.4 Å². The fraction of sp³-hybridized carbons (Fsp3) is 0.833. The maximum atomic E-state index is 10.6. The minimum atomic E-state index is 0.136. The fourth-order valence-electron chi connectivity index (χ4n) is 0.999. The Bertz CT molecular complexity index is 122. The van der Waals surface area contributed by atoms with E-state index < -0.39 is 0 Å². The molecule has 0 aromatic heterocycles. The molecule has 1 aliphatic rings. The van der Waals surface area contributed by atoms with Crippen LogP contribution in [0, 0.1) is 5.92 Å². The predicted octanol–water partition coefficient (Wildman–Crippen LogP) is -0.530. The lowest BCUT2D eigenvalue weighted by Gasteiger charge is -2.09. The van der Waals surface area contributed by atoms with Crippen molar-refractivity contribution in [3.05, 3.63) is 0 Å². The third-order valence-electron chi connectivity index (χ3n) is 1.75. The van der Waals surface area contributed by atoms with E-state index in [2.05, 4.69) is 5.32 Å². The lowest BCUT2D eigenvalue weighted by molar-refractivity contribution is -0.119. The first-order valence-corrected chi connectivity index (χ1v) is 3.22. The highest BCUT2D eigenvalue weighted by atomic mass is 16.1. The molecule has 1 aliphatic heterocycles. The van der Waals surface area contributed by atoms with Gasteiger partial charge in [0.2, 0.25) is 5.91 Å². The summed E-state index contributed by atoms with van der Waals surface area (Å²) in [4.78, 5) is 10.6. The number of rotatable bonds is 1. The number of amides is 1. The highest BCUT2D eigenvalue weighted by Gasteiger charge is 2.23. The molecule has 1 fully saturated rings. The van der Waals surface area contributed by atoms with Crippen molar-refractivity contribution in [3.63, 3.8) is 0 Å². The van der Waals surface area contributed by atoms with Crippen LogP contribution in [0.4, 0.5) is 0 Å². The number of nitrogens with one attached hydrogen (secondary N) is 1. The molecule has 0 radical (unpaired) electrons. The first-order chi connectivity index (χ1) is 4.20. The molecule has 1 rings (SSSR count). The van der Waals surface area contributed by atoms with Gasteiger partial charge in [-0.25, -0.2) is 0 Å². The maximum absolute atomic E-state index is 10.6. The molecule has 0 unspecified atom stereocenters. The van der Waals surface area contributed by atoms with E-state index in [0.29, 0.717) is 12.3 Å². The summed E-state index contributed by atoms with van der Waals surface area (Å²) >= 11 is 0. The van der Waals surface area contributed by atoms with Crippen molar-refractivity contribution in [2.75, 3.05) is 6.54 Å². The van der Waals surface area contributed by atoms with Gasteiger partial charge in [-0.15, -0.1) is 0 Å². The topological polar surface area (TPSA) is 55.1 Å². The third kappa shape index (κ3) is 1.42. The Morgan fingerprint density at radius 3 is 2.78 bits per heavy atom. The predicted molar refractivity (Wildman–Crippen MR) is 34.8 cm³/mol. The van der Waals surface area contributed by atoms with Gasteiger partial charge in [0.25, 0.3) is 0 Å². The van der Waals surface area contributed by atoms with Gasteiger partial charge in [0.15, 0.2) is 0 Å². The largest absolute Gasteiger partial charge is 0.356 e. The van der Waals surface area contributed by atoms with Crippen LogP contribution in [0.15, 0.2) is 0 Å². The Hall–Kier alpha value is -0.570. The molecule has 0 spiro atoms. The molecule has 1 saturated heterocycles. The van der Waals surface area contributed by atoms with Crippen molar-refractivity contribution >= 4 is 5.91 Å². The third-order valence-corrected chi connectivity index (χ3v) is 1.75. The van der Waals surface area contributed by atoms with Crippen LogP contribution in [0.1, 0.15) is 13.3 Å². The Morgan fingerprint density at radius 1 is 1.89 bits per heavy atom. The molecule has 2 atom stereocenters. The molecule has 3 heteroatoms. The van der Waals surface area contributed by atoms with E-state index in [1.165, 1.54) is 0 Å². The van der Waals surface area contributed by atoms with Crippen molar-refractivity contribution in [3.8, 4) is 0 Å². The van der Waals surface area contributed by atoms with Crippen LogP contribution in [0.2, 0.25) is 0 Å². The summed E-state index contributed by atoms with van der Waals surface area (Å²) in [6.45, 7) is 2.70. The average Bonchev–Trinajstić information content (AvgIpc) is 2.14. The maximum Gasteiger partial charge on any atom is 0.220 e. The highest BCUT2D eigenvalue weighted by Crippen LogP contribution is 2.10. The van der Waals surface area contributed by atoms with E-state index in [1.807, 2.05) is 6.92 Å². The summed E-state index contributed by atoms with van der Waals surface area (Å²) in [5.74, 6) is 0.495. The van der Waals surface area contributed by atoms with Crippen LogP contribution < -0.4 is 11.1 Å². The second-order valence-electron chi connectivity index (χ2n) is 2.63. The van der Waals surface area contributed by atoms with Crippen LogP contribution in [0.5, 0.6) is 0 Å². The fourth-order valence-corrected chi connectivity index (χ4v) is 0.999. The Labute approximate surface area is 54.6 Å². The summed E-state index contributed by atoms with van der Waals surface area (Å²) in [6.07, 6.45) is 0.609. The summed E-state index contributed by atoms with van der Waals surface area (Å²) in [7, 11) is 0. The van der Waals surface area contributed by atoms with E-state index in [4.69, 9.17) is 5.73 Å². The van der Waals surface area contributed by atoms with Gasteiger partial charge in [0, 0.05) is 19.0 Å². The van der Waals surface area contributed by atoms with Gasteiger partial charge in [0.1, 0.15) is 0 Å². The van der Waals surface area contributed by atoms with Crippen molar-refractivity contribution in [1.29, 1.82) is 0 Å². The quantitative estimate of drug-likeness (QED) is 0.498. The zero-order valence-corrected chi connectivity index (χ0v) is 5.55. The lowest BCUT2D eigenvalue weighted by atomic mass is 10.0. The number of carbonyl (C=O) groups is 1. The molecule has 0 saturated carbocycles. The van der Waals surface area contributed by atoms with Gasteiger partial charge < -0.3 is 11.1 Å². The Kier molecular flexibility index (Phi) is 1.71. The molecule has 0 aliphatic carbocycles. The number of hydrogen-bond donors (Lipinski definition) is 2. The molecular weight excluding hydrogens is 116 g/mol. The van der Waals surface area contributed by atoms with Crippen molar-refractivity contribution in [2.24, 2.45) is 11.7 Å². The smallest absolute Gasteiger partial charge is 0.220 e. The Morgan fingerprint density at radius 2 is 2.56 bits per heavy atom. The van der Waals surface area contributed by atoms with Gasteiger partial charge >= 0.3 is 0 Å². The second kappa shape index (κ2) is 2.35. The monoisotopic (exact) mass is 128 g/mol. The van der Waals surface area contributed by atoms with Gasteiger partial charge in [-0.1, -0.05) is 0 Å². The van der Waals surface area contributed by atoms with Crippen molar-refractivity contribution in [1.82, 2.24) is 5.32 Å². The van der Waals surface area contributed by atoms with E-state index in [-0.39, 0.29) is 11.9 Å². The molecule has 0 aromatic rings. The number of nitrogens with two attached hydrogens (primary N) is 1. The first-order valence-electron chi connectivity index (χ1n) is 3.22. The van der Waals surface area contributed by atoms with Gasteiger partial charge in [0.05, 0.1) is 0 Å². The molecule has 3 N–H and O–H groups in total. The highest BCUT2D eigenvalue weighted by molar-refractivity contribution is 5.78. The van der Waals surface area contributed by atoms with Crippen LogP contribution >= 0.6 is 0 Å². The van der Waals surface area contributed by atoms with E-state index in [0.717, 1.165) is 6.54 Å². The zero-order chi connectivity index (χ0) is 6.85. The molecule has 3 nitrogen and oxygen atoms in total. The molecule has 1 amide bonds. The van der Waals surface area contributed by atoms with E-state index in [1.54, 1.807) is 0 Å². The van der Waals surface area contributed by atoms with Crippen LogP contribution in [0.25, 0.3) is 0 Å². The van der Waals surface area contributed by atoms with Crippen LogP contribution in [-0.4, -0.2) is 18.5 Å². The lowest BCUT2D eigenvalue weighted by Crippen LogP contribution is -2.27. The first kappa shape index (κ1) is 6.55. The molecular formula is C6H12N2O. The molecule has 9 heavy (non-hydrogen) atoms. The van der Waals surface area contributed by atoms with Gasteiger partial charge in [-0.3, -0.25) is 4.79 Å². The average molecular weight is 128 g/mol. The van der Waals surface area contributed by atoms with E-state index in [9.17, 15) is 4.79 Å².